The maximum absolute atomic E-state index is 10.2. The second-order valence-corrected chi connectivity index (χ2v) is 6.41. The number of hydrogen-bond donors (Lipinski definition) is 2. The lowest BCUT2D eigenvalue weighted by molar-refractivity contribution is 0.0435. The van der Waals surface area contributed by atoms with Crippen molar-refractivity contribution < 1.29 is 5.11 Å². The molecule has 2 rings (SSSR count). The van der Waals surface area contributed by atoms with E-state index in [1.807, 2.05) is 0 Å². The number of aliphatic hydroxyl groups is 1. The second-order valence-electron chi connectivity index (χ2n) is 6.41. The zero-order valence-corrected chi connectivity index (χ0v) is 10.7. The van der Waals surface area contributed by atoms with E-state index in [-0.39, 0.29) is 5.60 Å². The lowest BCUT2D eigenvalue weighted by Gasteiger charge is -2.35. The summed E-state index contributed by atoms with van der Waals surface area (Å²) in [4.78, 5) is 0. The van der Waals surface area contributed by atoms with E-state index in [9.17, 15) is 5.11 Å². The van der Waals surface area contributed by atoms with Crippen LogP contribution in [0, 0.1) is 5.41 Å². The molecule has 2 heteroatoms. The quantitative estimate of drug-likeness (QED) is 0.771. The minimum atomic E-state index is -0.384. The van der Waals surface area contributed by atoms with Gasteiger partial charge in [0.05, 0.1) is 5.60 Å². The van der Waals surface area contributed by atoms with Crippen LogP contribution < -0.4 is 5.32 Å². The highest BCUT2D eigenvalue weighted by Crippen LogP contribution is 2.35. The van der Waals surface area contributed by atoms with Gasteiger partial charge in [-0.25, -0.2) is 0 Å². The van der Waals surface area contributed by atoms with E-state index in [0.29, 0.717) is 5.41 Å². The van der Waals surface area contributed by atoms with Gasteiger partial charge >= 0.3 is 0 Å². The monoisotopic (exact) mass is 225 g/mol. The van der Waals surface area contributed by atoms with Gasteiger partial charge in [0, 0.05) is 13.1 Å². The third-order valence-corrected chi connectivity index (χ3v) is 4.60. The van der Waals surface area contributed by atoms with Gasteiger partial charge in [0.1, 0.15) is 0 Å². The van der Waals surface area contributed by atoms with Crippen molar-refractivity contribution in [2.24, 2.45) is 5.41 Å². The molecule has 0 aromatic rings. The van der Waals surface area contributed by atoms with Crippen LogP contribution in [0.5, 0.6) is 0 Å². The molecule has 0 unspecified atom stereocenters. The lowest BCUT2D eigenvalue weighted by atomic mass is 9.75. The summed E-state index contributed by atoms with van der Waals surface area (Å²) in [5.74, 6) is 0. The summed E-state index contributed by atoms with van der Waals surface area (Å²) in [7, 11) is 0. The average Bonchev–Trinajstić information content (AvgIpc) is 2.66. The summed E-state index contributed by atoms with van der Waals surface area (Å²) in [6.45, 7) is 4.30. The first-order valence-corrected chi connectivity index (χ1v) is 7.05. The van der Waals surface area contributed by atoms with Gasteiger partial charge in [0.25, 0.3) is 0 Å². The first-order valence-electron chi connectivity index (χ1n) is 7.05. The van der Waals surface area contributed by atoms with E-state index in [1.54, 1.807) is 0 Å². The smallest absolute Gasteiger partial charge is 0.0771 e. The molecule has 2 nitrogen and oxygen atoms in total. The summed E-state index contributed by atoms with van der Waals surface area (Å²) >= 11 is 0. The third-order valence-electron chi connectivity index (χ3n) is 4.60. The molecule has 0 radical (unpaired) electrons. The third kappa shape index (κ3) is 3.21. The fourth-order valence-electron chi connectivity index (χ4n) is 3.39. The second kappa shape index (κ2) is 5.05. The summed E-state index contributed by atoms with van der Waals surface area (Å²) in [5.41, 5.74) is 0.109. The van der Waals surface area contributed by atoms with Crippen molar-refractivity contribution in [2.45, 2.75) is 70.3 Å². The van der Waals surface area contributed by atoms with Crippen LogP contribution in [0.3, 0.4) is 0 Å². The van der Waals surface area contributed by atoms with Crippen LogP contribution in [0.4, 0.5) is 0 Å². The number of nitrogens with one attached hydrogen (secondary N) is 1. The molecule has 0 aliphatic heterocycles. The highest BCUT2D eigenvalue weighted by molar-refractivity contribution is 4.88. The van der Waals surface area contributed by atoms with Crippen LogP contribution in [0.15, 0.2) is 0 Å². The Morgan fingerprint density at radius 2 is 1.44 bits per heavy atom. The van der Waals surface area contributed by atoms with Crippen LogP contribution >= 0.6 is 0 Å². The molecule has 16 heavy (non-hydrogen) atoms. The molecule has 0 aromatic carbocycles. The molecule has 0 saturated heterocycles. The predicted octanol–water partition coefficient (Wildman–Crippen LogP) is 2.85. The summed E-state index contributed by atoms with van der Waals surface area (Å²) in [6.07, 6.45) is 11.3. The molecular formula is C14H27NO. The van der Waals surface area contributed by atoms with Crippen LogP contribution in [-0.4, -0.2) is 23.8 Å². The normalized spacial score (nSPS) is 28.1. The molecule has 0 bridgehead atoms. The topological polar surface area (TPSA) is 32.3 Å². The molecule has 2 saturated carbocycles. The van der Waals surface area contributed by atoms with Crippen LogP contribution in [0.25, 0.3) is 0 Å². The van der Waals surface area contributed by atoms with E-state index < -0.39 is 0 Å². The fourth-order valence-corrected chi connectivity index (χ4v) is 3.39. The van der Waals surface area contributed by atoms with Crippen molar-refractivity contribution >= 4 is 0 Å². The molecular weight excluding hydrogens is 198 g/mol. The Balaban J connectivity index is 1.70. The largest absolute Gasteiger partial charge is 0.389 e. The molecule has 2 aliphatic rings. The van der Waals surface area contributed by atoms with Gasteiger partial charge in [-0.2, -0.15) is 0 Å². The van der Waals surface area contributed by atoms with Crippen molar-refractivity contribution in [1.29, 1.82) is 0 Å². The van der Waals surface area contributed by atoms with Gasteiger partial charge in [-0.15, -0.1) is 0 Å². The Labute approximate surface area is 99.8 Å². The molecule has 0 amide bonds. The Hall–Kier alpha value is -0.0800. The summed E-state index contributed by atoms with van der Waals surface area (Å²) in [5, 5.41) is 13.8. The molecule has 2 fully saturated rings. The molecule has 94 valence electrons. The van der Waals surface area contributed by atoms with Gasteiger partial charge in [0.2, 0.25) is 0 Å². The van der Waals surface area contributed by atoms with Crippen LogP contribution in [0.1, 0.15) is 64.7 Å². The fraction of sp³-hybridized carbons (Fsp3) is 1.00. The van der Waals surface area contributed by atoms with Gasteiger partial charge in [0.15, 0.2) is 0 Å². The van der Waals surface area contributed by atoms with E-state index in [1.165, 1.54) is 44.9 Å². The molecule has 2 aliphatic carbocycles. The van der Waals surface area contributed by atoms with Crippen molar-refractivity contribution in [3.63, 3.8) is 0 Å². The first-order chi connectivity index (χ1) is 7.62. The molecule has 0 aromatic heterocycles. The zero-order valence-electron chi connectivity index (χ0n) is 10.7. The van der Waals surface area contributed by atoms with E-state index in [2.05, 4.69) is 12.2 Å². The highest BCUT2D eigenvalue weighted by atomic mass is 16.3. The van der Waals surface area contributed by atoms with Crippen molar-refractivity contribution in [3.8, 4) is 0 Å². The van der Waals surface area contributed by atoms with Crippen LogP contribution in [0.2, 0.25) is 0 Å². The lowest BCUT2D eigenvalue weighted by Crippen LogP contribution is -2.42. The minimum absolute atomic E-state index is 0.384. The standard InChI is InChI=1S/C14H27NO/c1-13(7-3-2-4-8-13)11-15-12-14(16)9-5-6-10-14/h15-16H,2-12H2,1H3. The Kier molecular flexibility index (Phi) is 3.91. The minimum Gasteiger partial charge on any atom is -0.389 e. The molecule has 0 spiro atoms. The van der Waals surface area contributed by atoms with Gasteiger partial charge in [-0.05, 0) is 31.1 Å². The van der Waals surface area contributed by atoms with Crippen molar-refractivity contribution in [2.75, 3.05) is 13.1 Å². The van der Waals surface area contributed by atoms with Crippen LogP contribution in [-0.2, 0) is 0 Å². The highest BCUT2D eigenvalue weighted by Gasteiger charge is 2.32. The summed E-state index contributed by atoms with van der Waals surface area (Å²) < 4.78 is 0. The molecule has 0 atom stereocenters. The zero-order chi connectivity index (χ0) is 11.5. The van der Waals surface area contributed by atoms with E-state index in [4.69, 9.17) is 0 Å². The maximum Gasteiger partial charge on any atom is 0.0771 e. The van der Waals surface area contributed by atoms with Gasteiger partial charge in [-0.1, -0.05) is 39.0 Å². The van der Waals surface area contributed by atoms with Gasteiger partial charge in [-0.3, -0.25) is 0 Å². The SMILES string of the molecule is CC1(CNCC2(O)CCCC2)CCCCC1. The van der Waals surface area contributed by atoms with E-state index >= 15 is 0 Å². The molecule has 0 heterocycles. The van der Waals surface area contributed by atoms with Crippen molar-refractivity contribution in [3.05, 3.63) is 0 Å². The van der Waals surface area contributed by atoms with Gasteiger partial charge < -0.3 is 10.4 Å². The first kappa shape index (κ1) is 12.4. The predicted molar refractivity (Wildman–Crippen MR) is 67.5 cm³/mol. The Morgan fingerprint density at radius 1 is 0.875 bits per heavy atom. The number of rotatable bonds is 4. The van der Waals surface area contributed by atoms with Crippen molar-refractivity contribution in [1.82, 2.24) is 5.32 Å². The Morgan fingerprint density at radius 3 is 2.06 bits per heavy atom. The average molecular weight is 225 g/mol. The summed E-state index contributed by atoms with van der Waals surface area (Å²) in [6, 6.07) is 0. The maximum atomic E-state index is 10.2. The van der Waals surface area contributed by atoms with E-state index in [0.717, 1.165) is 25.9 Å². The Bertz CT molecular complexity index is 215. The molecule has 2 N–H and O–H groups in total. The number of hydrogen-bond acceptors (Lipinski definition) is 2.